The van der Waals surface area contributed by atoms with E-state index in [1.165, 1.54) is 5.56 Å². The van der Waals surface area contributed by atoms with E-state index in [4.69, 9.17) is 16.3 Å². The number of ether oxygens (including phenoxy) is 1. The van der Waals surface area contributed by atoms with Crippen LogP contribution >= 0.6 is 11.6 Å². The van der Waals surface area contributed by atoms with Crippen LogP contribution in [0.1, 0.15) is 34.5 Å². The maximum Gasteiger partial charge on any atom is 0.255 e. The molecule has 1 amide bonds. The number of rotatable bonds is 6. The Kier molecular flexibility index (Phi) is 7.15. The van der Waals surface area contributed by atoms with Crippen LogP contribution in [0.2, 0.25) is 5.02 Å². The largest absolute Gasteiger partial charge is 0.495 e. The van der Waals surface area contributed by atoms with Gasteiger partial charge in [0.1, 0.15) is 5.75 Å². The number of nitrogens with zero attached hydrogens (tertiary/aromatic N) is 2. The molecular weight excluding hydrogens is 468 g/mol. The first-order chi connectivity index (χ1) is 17.5. The van der Waals surface area contributed by atoms with Crippen molar-refractivity contribution < 1.29 is 9.53 Å². The number of benzene rings is 3. The number of likely N-dealkylation sites (tertiary alicyclic amines) is 1. The number of aromatic nitrogens is 1. The number of piperidine rings is 1. The minimum absolute atomic E-state index is 0.0922. The first-order valence-corrected chi connectivity index (χ1v) is 12.9. The monoisotopic (exact) mass is 498 g/mol. The van der Waals surface area contributed by atoms with Gasteiger partial charge < -0.3 is 14.2 Å². The summed E-state index contributed by atoms with van der Waals surface area (Å²) in [7, 11) is 1.67. The molecule has 0 radical (unpaired) electrons. The highest BCUT2D eigenvalue weighted by atomic mass is 35.5. The molecule has 0 aliphatic carbocycles. The van der Waals surface area contributed by atoms with Crippen LogP contribution in [0.5, 0.6) is 5.75 Å². The van der Waals surface area contributed by atoms with Gasteiger partial charge in [-0.25, -0.2) is 0 Å². The number of para-hydroxylation sites is 2. The average molecular weight is 499 g/mol. The number of halogens is 1. The summed E-state index contributed by atoms with van der Waals surface area (Å²) in [6.45, 7) is 3.58. The topological polar surface area (TPSA) is 34.5 Å². The third kappa shape index (κ3) is 4.91. The van der Waals surface area contributed by atoms with E-state index >= 15 is 0 Å². The molecule has 1 saturated heterocycles. The SMILES string of the molecule is COc1ccccc1-n1c(-c2ccc(Cl)cc2)cc(C(=O)N2CCC(Cc3ccccc3)CC2)c1C. The number of hydrogen-bond acceptors (Lipinski definition) is 2. The van der Waals surface area contributed by atoms with Gasteiger partial charge in [-0.15, -0.1) is 0 Å². The van der Waals surface area contributed by atoms with Crippen molar-refractivity contribution in [2.45, 2.75) is 26.2 Å². The predicted molar refractivity (Wildman–Crippen MR) is 146 cm³/mol. The summed E-state index contributed by atoms with van der Waals surface area (Å²) < 4.78 is 7.80. The van der Waals surface area contributed by atoms with E-state index in [9.17, 15) is 4.79 Å². The zero-order valence-electron chi connectivity index (χ0n) is 20.8. The Morgan fingerprint density at radius 3 is 2.31 bits per heavy atom. The number of carbonyl (C=O) groups is 1. The van der Waals surface area contributed by atoms with E-state index in [1.54, 1.807) is 7.11 Å². The molecule has 0 spiro atoms. The van der Waals surface area contributed by atoms with Crippen LogP contribution in [-0.4, -0.2) is 35.6 Å². The van der Waals surface area contributed by atoms with Crippen molar-refractivity contribution in [3.63, 3.8) is 0 Å². The molecule has 5 heteroatoms. The highest BCUT2D eigenvalue weighted by Gasteiger charge is 2.28. The molecule has 2 heterocycles. The first-order valence-electron chi connectivity index (χ1n) is 12.5. The summed E-state index contributed by atoms with van der Waals surface area (Å²) in [5, 5.41) is 0.681. The van der Waals surface area contributed by atoms with Gasteiger partial charge in [0.25, 0.3) is 5.91 Å². The fraction of sp³-hybridized carbons (Fsp3) is 0.258. The molecule has 0 bridgehead atoms. The van der Waals surface area contributed by atoms with Gasteiger partial charge in [0.2, 0.25) is 0 Å². The number of hydrogen-bond donors (Lipinski definition) is 0. The van der Waals surface area contributed by atoms with Crippen LogP contribution in [0.4, 0.5) is 0 Å². The first kappa shape index (κ1) is 24.2. The van der Waals surface area contributed by atoms with E-state index in [1.807, 2.05) is 66.4 Å². The number of methoxy groups -OCH3 is 1. The van der Waals surface area contributed by atoms with Gasteiger partial charge in [0, 0.05) is 23.8 Å². The van der Waals surface area contributed by atoms with Gasteiger partial charge in [-0.3, -0.25) is 4.79 Å². The molecule has 0 saturated carbocycles. The van der Waals surface area contributed by atoms with Crippen molar-refractivity contribution in [3.05, 3.63) is 107 Å². The molecule has 0 atom stereocenters. The molecule has 3 aromatic carbocycles. The maximum atomic E-state index is 13.8. The normalized spacial score (nSPS) is 14.1. The maximum absolute atomic E-state index is 13.8. The van der Waals surface area contributed by atoms with Crippen molar-refractivity contribution >= 4 is 17.5 Å². The van der Waals surface area contributed by atoms with Gasteiger partial charge in [0.15, 0.2) is 0 Å². The highest BCUT2D eigenvalue weighted by Crippen LogP contribution is 2.35. The second-order valence-corrected chi connectivity index (χ2v) is 9.90. The van der Waals surface area contributed by atoms with E-state index in [2.05, 4.69) is 34.9 Å². The second-order valence-electron chi connectivity index (χ2n) is 9.47. The summed E-state index contributed by atoms with van der Waals surface area (Å²) >= 11 is 6.17. The lowest BCUT2D eigenvalue weighted by Gasteiger charge is -2.32. The Hall–Kier alpha value is -3.50. The van der Waals surface area contributed by atoms with E-state index in [0.29, 0.717) is 10.9 Å². The van der Waals surface area contributed by atoms with E-state index in [0.717, 1.165) is 66.3 Å². The molecule has 1 aliphatic rings. The van der Waals surface area contributed by atoms with Crippen molar-refractivity contribution in [1.29, 1.82) is 0 Å². The minimum atomic E-state index is 0.0922. The Morgan fingerprint density at radius 2 is 1.61 bits per heavy atom. The zero-order valence-corrected chi connectivity index (χ0v) is 21.5. The van der Waals surface area contributed by atoms with Crippen LogP contribution in [0.3, 0.4) is 0 Å². The molecule has 184 valence electrons. The fourth-order valence-electron chi connectivity index (χ4n) is 5.24. The van der Waals surface area contributed by atoms with Gasteiger partial charge in [-0.05, 0) is 73.6 Å². The second kappa shape index (κ2) is 10.6. The zero-order chi connectivity index (χ0) is 25.1. The van der Waals surface area contributed by atoms with Crippen LogP contribution < -0.4 is 4.74 Å². The average Bonchev–Trinajstić information content (AvgIpc) is 3.26. The van der Waals surface area contributed by atoms with Crippen LogP contribution in [0, 0.1) is 12.8 Å². The summed E-state index contributed by atoms with van der Waals surface area (Å²) in [5.74, 6) is 1.46. The van der Waals surface area contributed by atoms with Crippen LogP contribution in [0.25, 0.3) is 16.9 Å². The molecule has 0 N–H and O–H groups in total. The quantitative estimate of drug-likeness (QED) is 0.281. The Bertz CT molecular complexity index is 1340. The summed E-state index contributed by atoms with van der Waals surface area (Å²) in [6, 6.07) is 28.3. The summed E-state index contributed by atoms with van der Waals surface area (Å²) in [6.07, 6.45) is 3.13. The van der Waals surface area contributed by atoms with Crippen molar-refractivity contribution in [1.82, 2.24) is 9.47 Å². The molecule has 4 aromatic rings. The van der Waals surface area contributed by atoms with Gasteiger partial charge in [0.05, 0.1) is 24.1 Å². The predicted octanol–water partition coefficient (Wildman–Crippen LogP) is 7.21. The van der Waals surface area contributed by atoms with Crippen molar-refractivity contribution in [2.75, 3.05) is 20.2 Å². The number of carbonyl (C=O) groups excluding carboxylic acids is 1. The van der Waals surface area contributed by atoms with Crippen molar-refractivity contribution in [3.8, 4) is 22.7 Å². The molecule has 1 fully saturated rings. The van der Waals surface area contributed by atoms with Gasteiger partial charge in [-0.1, -0.05) is 66.2 Å². The lowest BCUT2D eigenvalue weighted by atomic mass is 9.90. The standard InChI is InChI=1S/C31H31ClN2O2/c1-22-27(31(35)33-18-16-24(17-19-33)20-23-8-4-3-5-9-23)21-29(25-12-14-26(32)15-13-25)34(22)28-10-6-7-11-30(28)36-2/h3-15,21,24H,16-20H2,1-2H3. The summed E-state index contributed by atoms with van der Waals surface area (Å²) in [4.78, 5) is 15.8. The lowest BCUT2D eigenvalue weighted by molar-refractivity contribution is 0.0690. The third-order valence-corrected chi connectivity index (χ3v) is 7.46. The van der Waals surface area contributed by atoms with Crippen molar-refractivity contribution in [2.24, 2.45) is 5.92 Å². The molecule has 0 unspecified atom stereocenters. The Balaban J connectivity index is 1.44. The third-order valence-electron chi connectivity index (χ3n) is 7.21. The Labute approximate surface area is 218 Å². The molecule has 36 heavy (non-hydrogen) atoms. The molecule has 1 aliphatic heterocycles. The van der Waals surface area contributed by atoms with Gasteiger partial charge >= 0.3 is 0 Å². The number of amides is 1. The van der Waals surface area contributed by atoms with Crippen LogP contribution in [-0.2, 0) is 6.42 Å². The molecule has 5 rings (SSSR count). The minimum Gasteiger partial charge on any atom is -0.495 e. The van der Waals surface area contributed by atoms with Gasteiger partial charge in [-0.2, -0.15) is 0 Å². The highest BCUT2D eigenvalue weighted by molar-refractivity contribution is 6.30. The van der Waals surface area contributed by atoms with E-state index in [-0.39, 0.29) is 5.91 Å². The molecular formula is C31H31ClN2O2. The van der Waals surface area contributed by atoms with E-state index < -0.39 is 0 Å². The lowest BCUT2D eigenvalue weighted by Crippen LogP contribution is -2.39. The molecule has 1 aromatic heterocycles. The van der Waals surface area contributed by atoms with Crippen LogP contribution in [0.15, 0.2) is 84.9 Å². The fourth-order valence-corrected chi connectivity index (χ4v) is 5.37. The molecule has 4 nitrogen and oxygen atoms in total. The summed E-state index contributed by atoms with van der Waals surface area (Å²) in [5.41, 5.74) is 5.85. The Morgan fingerprint density at radius 1 is 0.944 bits per heavy atom. The smallest absolute Gasteiger partial charge is 0.255 e.